The second kappa shape index (κ2) is 3.75. The predicted molar refractivity (Wildman–Crippen MR) is 40.0 cm³/mol. The molecule has 0 aliphatic carbocycles. The molecule has 1 heterocycles. The van der Waals surface area contributed by atoms with Gasteiger partial charge in [-0.15, -0.1) is 24.0 Å². The number of rotatable bonds is 1. The number of alkyl halides is 1. The minimum Gasteiger partial charge on any atom is -0.276 e. The largest absolute Gasteiger partial charge is 0.276 e. The van der Waals surface area contributed by atoms with Gasteiger partial charge in [-0.2, -0.15) is 5.10 Å². The van der Waals surface area contributed by atoms with Crippen LogP contribution in [0.5, 0.6) is 0 Å². The Bertz CT molecular complexity index is 173. The summed E-state index contributed by atoms with van der Waals surface area (Å²) < 4.78 is 1.73. The molecule has 0 aliphatic heterocycles. The minimum absolute atomic E-state index is 0. The molecule has 2 nitrogen and oxygen atoms in total. The average Bonchev–Trinajstić information content (AvgIpc) is 2.14. The summed E-state index contributed by atoms with van der Waals surface area (Å²) in [6, 6.07) is 1.90. The van der Waals surface area contributed by atoms with E-state index in [-0.39, 0.29) is 12.4 Å². The first-order valence-corrected chi connectivity index (χ1v) is 2.91. The van der Waals surface area contributed by atoms with E-state index in [0.717, 1.165) is 5.69 Å². The van der Waals surface area contributed by atoms with Crippen LogP contribution in [0.15, 0.2) is 12.3 Å². The van der Waals surface area contributed by atoms with Crippen molar-refractivity contribution in [1.82, 2.24) is 9.78 Å². The summed E-state index contributed by atoms with van der Waals surface area (Å²) in [5.41, 5.74) is 0.925. The van der Waals surface area contributed by atoms with E-state index >= 15 is 0 Å². The van der Waals surface area contributed by atoms with Crippen LogP contribution in [0, 0.1) is 0 Å². The van der Waals surface area contributed by atoms with Crippen LogP contribution in [0.3, 0.4) is 0 Å². The highest BCUT2D eigenvalue weighted by molar-refractivity contribution is 6.16. The van der Waals surface area contributed by atoms with Crippen molar-refractivity contribution in [2.24, 2.45) is 7.05 Å². The Morgan fingerprint density at radius 3 is 2.67 bits per heavy atom. The third-order valence-electron chi connectivity index (χ3n) is 0.906. The van der Waals surface area contributed by atoms with Crippen LogP contribution in [0.1, 0.15) is 5.69 Å². The molecule has 1 aromatic rings. The van der Waals surface area contributed by atoms with Crippen molar-refractivity contribution in [1.29, 1.82) is 0 Å². The van der Waals surface area contributed by atoms with E-state index in [9.17, 15) is 0 Å². The summed E-state index contributed by atoms with van der Waals surface area (Å²) in [4.78, 5) is 0. The van der Waals surface area contributed by atoms with Crippen molar-refractivity contribution in [3.63, 3.8) is 0 Å². The zero-order valence-electron chi connectivity index (χ0n) is 5.04. The maximum atomic E-state index is 5.46. The highest BCUT2D eigenvalue weighted by Gasteiger charge is 1.89. The third kappa shape index (κ3) is 2.24. The van der Waals surface area contributed by atoms with Gasteiger partial charge < -0.3 is 0 Å². The molecule has 0 saturated carbocycles. The maximum absolute atomic E-state index is 5.46. The zero-order chi connectivity index (χ0) is 5.98. The monoisotopic (exact) mass is 166 g/mol. The fourth-order valence-electron chi connectivity index (χ4n) is 0.534. The molecule has 0 amide bonds. The molecule has 0 N–H and O–H groups in total. The molecule has 0 saturated heterocycles. The van der Waals surface area contributed by atoms with Crippen LogP contribution in [-0.4, -0.2) is 9.78 Å². The topological polar surface area (TPSA) is 17.8 Å². The molecule has 0 radical (unpaired) electrons. The van der Waals surface area contributed by atoms with E-state index in [1.165, 1.54) is 0 Å². The number of aromatic nitrogens is 2. The molecular weight excluding hydrogens is 159 g/mol. The Labute approximate surface area is 65.2 Å². The maximum Gasteiger partial charge on any atom is 0.0772 e. The summed E-state index contributed by atoms with van der Waals surface area (Å²) >= 11 is 5.46. The standard InChI is InChI=1S/C5H7ClN2.ClH/c1-8-3-2-5(4-6)7-8;/h2-3H,4H2,1H3;1H. The molecule has 1 aromatic heterocycles. The van der Waals surface area contributed by atoms with Gasteiger partial charge in [0.2, 0.25) is 0 Å². The molecule has 4 heteroatoms. The van der Waals surface area contributed by atoms with Gasteiger partial charge in [-0.3, -0.25) is 4.68 Å². The van der Waals surface area contributed by atoms with E-state index in [2.05, 4.69) is 5.10 Å². The summed E-state index contributed by atoms with van der Waals surface area (Å²) in [6.07, 6.45) is 1.87. The van der Waals surface area contributed by atoms with E-state index in [0.29, 0.717) is 5.88 Å². The molecule has 0 unspecified atom stereocenters. The van der Waals surface area contributed by atoms with Gasteiger partial charge in [-0.05, 0) is 6.07 Å². The van der Waals surface area contributed by atoms with Gasteiger partial charge in [0.05, 0.1) is 11.6 Å². The van der Waals surface area contributed by atoms with Crippen LogP contribution in [0.25, 0.3) is 0 Å². The van der Waals surface area contributed by atoms with Crippen LogP contribution in [-0.2, 0) is 12.9 Å². The van der Waals surface area contributed by atoms with Gasteiger partial charge in [-0.1, -0.05) is 0 Å². The number of hydrogen-bond acceptors (Lipinski definition) is 1. The van der Waals surface area contributed by atoms with Gasteiger partial charge in [-0.25, -0.2) is 0 Å². The van der Waals surface area contributed by atoms with E-state index in [1.807, 2.05) is 19.3 Å². The molecule has 52 valence electrons. The van der Waals surface area contributed by atoms with Crippen LogP contribution in [0.4, 0.5) is 0 Å². The SMILES string of the molecule is Cl.Cn1ccc(CCl)n1. The second-order valence-electron chi connectivity index (χ2n) is 1.61. The van der Waals surface area contributed by atoms with Crippen LogP contribution in [0.2, 0.25) is 0 Å². The smallest absolute Gasteiger partial charge is 0.0772 e. The minimum atomic E-state index is 0. The van der Waals surface area contributed by atoms with Gasteiger partial charge >= 0.3 is 0 Å². The zero-order valence-corrected chi connectivity index (χ0v) is 6.61. The molecule has 0 atom stereocenters. The lowest BCUT2D eigenvalue weighted by molar-refractivity contribution is 0.754. The normalized spacial score (nSPS) is 8.67. The molecule has 0 fully saturated rings. The molecule has 0 aromatic carbocycles. The molecule has 0 aliphatic rings. The first kappa shape index (κ1) is 8.79. The predicted octanol–water partition coefficient (Wildman–Crippen LogP) is 1.58. The number of nitrogens with zero attached hydrogens (tertiary/aromatic N) is 2. The van der Waals surface area contributed by atoms with Gasteiger partial charge in [0.25, 0.3) is 0 Å². The lowest BCUT2D eigenvalue weighted by atomic mass is 10.5. The first-order valence-electron chi connectivity index (χ1n) is 2.37. The highest BCUT2D eigenvalue weighted by atomic mass is 35.5. The molecule has 0 bridgehead atoms. The summed E-state index contributed by atoms with van der Waals surface area (Å²) in [5.74, 6) is 0.501. The Hall–Kier alpha value is -0.210. The van der Waals surface area contributed by atoms with Crippen molar-refractivity contribution in [2.75, 3.05) is 0 Å². The highest BCUT2D eigenvalue weighted by Crippen LogP contribution is 1.96. The number of hydrogen-bond donors (Lipinski definition) is 0. The number of aryl methyl sites for hydroxylation is 1. The van der Waals surface area contributed by atoms with Crippen LogP contribution < -0.4 is 0 Å². The fourth-order valence-corrected chi connectivity index (χ4v) is 0.677. The lowest BCUT2D eigenvalue weighted by Crippen LogP contribution is -1.87. The van der Waals surface area contributed by atoms with Gasteiger partial charge in [0.1, 0.15) is 0 Å². The Morgan fingerprint density at radius 1 is 1.78 bits per heavy atom. The van der Waals surface area contributed by atoms with E-state index < -0.39 is 0 Å². The summed E-state index contributed by atoms with van der Waals surface area (Å²) in [6.45, 7) is 0. The van der Waals surface area contributed by atoms with Crippen molar-refractivity contribution in [3.8, 4) is 0 Å². The Kier molecular flexibility index (Phi) is 3.66. The Morgan fingerprint density at radius 2 is 2.44 bits per heavy atom. The number of halogens is 2. The first-order chi connectivity index (χ1) is 3.83. The van der Waals surface area contributed by atoms with Crippen molar-refractivity contribution in [3.05, 3.63) is 18.0 Å². The van der Waals surface area contributed by atoms with Gasteiger partial charge in [0.15, 0.2) is 0 Å². The fraction of sp³-hybridized carbons (Fsp3) is 0.400. The third-order valence-corrected chi connectivity index (χ3v) is 1.18. The van der Waals surface area contributed by atoms with Gasteiger partial charge in [0, 0.05) is 13.2 Å². The van der Waals surface area contributed by atoms with Crippen molar-refractivity contribution >= 4 is 24.0 Å². The molecular formula is C5H8Cl2N2. The van der Waals surface area contributed by atoms with E-state index in [1.54, 1.807) is 4.68 Å². The molecule has 9 heavy (non-hydrogen) atoms. The lowest BCUT2D eigenvalue weighted by Gasteiger charge is -1.82. The van der Waals surface area contributed by atoms with Crippen LogP contribution >= 0.6 is 24.0 Å². The Balaban J connectivity index is 0.000000640. The van der Waals surface area contributed by atoms with Crippen molar-refractivity contribution < 1.29 is 0 Å². The van der Waals surface area contributed by atoms with Crippen molar-refractivity contribution in [2.45, 2.75) is 5.88 Å². The second-order valence-corrected chi connectivity index (χ2v) is 1.88. The quantitative estimate of drug-likeness (QED) is 0.580. The average molecular weight is 167 g/mol. The summed E-state index contributed by atoms with van der Waals surface area (Å²) in [5, 5.41) is 4.01. The van der Waals surface area contributed by atoms with E-state index in [4.69, 9.17) is 11.6 Å². The molecule has 0 spiro atoms. The summed E-state index contributed by atoms with van der Waals surface area (Å²) in [7, 11) is 1.87. The molecule has 1 rings (SSSR count).